The predicted octanol–water partition coefficient (Wildman–Crippen LogP) is 2.57. The van der Waals surface area contributed by atoms with Gasteiger partial charge in [-0.2, -0.15) is 5.26 Å². The standard InChI is InChI=1S/C16H18N6OS2/c17-8-10-9-3-1-2-4-11(9)25-15(10)22-14(23)5-6-24-16-20-12(18)7-13(19)21-16/h7H,1-6H2,(H,22,23)(H4,18,19,20,21). The summed E-state index contributed by atoms with van der Waals surface area (Å²) in [5, 5.41) is 13.4. The largest absolute Gasteiger partial charge is 0.383 e. The van der Waals surface area contributed by atoms with E-state index in [1.807, 2.05) is 0 Å². The van der Waals surface area contributed by atoms with Crippen LogP contribution in [-0.4, -0.2) is 21.6 Å². The van der Waals surface area contributed by atoms with Crippen LogP contribution in [0.25, 0.3) is 0 Å². The Labute approximate surface area is 153 Å². The van der Waals surface area contributed by atoms with Crippen LogP contribution in [0.5, 0.6) is 0 Å². The first-order valence-electron chi connectivity index (χ1n) is 7.94. The molecule has 0 saturated carbocycles. The van der Waals surface area contributed by atoms with Crippen molar-refractivity contribution in [2.24, 2.45) is 0 Å². The number of nitrogens with one attached hydrogen (secondary N) is 1. The maximum atomic E-state index is 12.2. The summed E-state index contributed by atoms with van der Waals surface area (Å²) < 4.78 is 0. The van der Waals surface area contributed by atoms with Crippen molar-refractivity contribution >= 4 is 45.6 Å². The van der Waals surface area contributed by atoms with Crippen molar-refractivity contribution in [2.45, 2.75) is 37.3 Å². The fraction of sp³-hybridized carbons (Fsp3) is 0.375. The minimum Gasteiger partial charge on any atom is -0.383 e. The lowest BCUT2D eigenvalue weighted by molar-refractivity contribution is -0.115. The van der Waals surface area contributed by atoms with Gasteiger partial charge in [0.15, 0.2) is 5.16 Å². The molecule has 1 aliphatic carbocycles. The number of hydrogen-bond acceptors (Lipinski definition) is 8. The van der Waals surface area contributed by atoms with Gasteiger partial charge in [0.05, 0.1) is 5.56 Å². The van der Waals surface area contributed by atoms with Crippen LogP contribution in [0, 0.1) is 11.3 Å². The number of nitrogen functional groups attached to an aromatic ring is 2. The summed E-state index contributed by atoms with van der Waals surface area (Å²) in [5.74, 6) is 0.992. The lowest BCUT2D eigenvalue weighted by atomic mass is 9.96. The highest BCUT2D eigenvalue weighted by Crippen LogP contribution is 2.37. The number of aromatic nitrogens is 2. The number of fused-ring (bicyclic) bond motifs is 1. The Bertz CT molecular complexity index is 822. The highest BCUT2D eigenvalue weighted by molar-refractivity contribution is 7.99. The second-order valence-electron chi connectivity index (χ2n) is 5.67. The summed E-state index contributed by atoms with van der Waals surface area (Å²) in [7, 11) is 0. The van der Waals surface area contributed by atoms with E-state index in [0.717, 1.165) is 31.2 Å². The van der Waals surface area contributed by atoms with Crippen molar-refractivity contribution in [3.8, 4) is 6.07 Å². The van der Waals surface area contributed by atoms with E-state index in [1.165, 1.54) is 34.0 Å². The van der Waals surface area contributed by atoms with E-state index in [9.17, 15) is 10.1 Å². The first-order valence-corrected chi connectivity index (χ1v) is 9.74. The maximum absolute atomic E-state index is 12.2. The predicted molar refractivity (Wildman–Crippen MR) is 101 cm³/mol. The number of nitrogens with zero attached hydrogens (tertiary/aromatic N) is 3. The van der Waals surface area contributed by atoms with Gasteiger partial charge in [-0.25, -0.2) is 9.97 Å². The van der Waals surface area contributed by atoms with Crippen LogP contribution >= 0.6 is 23.1 Å². The van der Waals surface area contributed by atoms with Gasteiger partial charge in [-0.15, -0.1) is 11.3 Å². The number of nitriles is 1. The van der Waals surface area contributed by atoms with Gasteiger partial charge < -0.3 is 16.8 Å². The second-order valence-corrected chi connectivity index (χ2v) is 7.84. The zero-order valence-electron chi connectivity index (χ0n) is 13.5. The molecule has 2 aromatic heterocycles. The van der Waals surface area contributed by atoms with Gasteiger partial charge in [0.25, 0.3) is 0 Å². The molecular formula is C16H18N6OS2. The third-order valence-electron chi connectivity index (χ3n) is 3.84. The zero-order chi connectivity index (χ0) is 17.8. The van der Waals surface area contributed by atoms with Crippen LogP contribution in [-0.2, 0) is 17.6 Å². The average Bonchev–Trinajstić information content (AvgIpc) is 2.90. The van der Waals surface area contributed by atoms with Crippen LogP contribution in [0.1, 0.15) is 35.3 Å². The summed E-state index contributed by atoms with van der Waals surface area (Å²) in [5.41, 5.74) is 13.0. The number of aryl methyl sites for hydroxylation is 1. The molecule has 5 N–H and O–H groups in total. The summed E-state index contributed by atoms with van der Waals surface area (Å²) in [6.45, 7) is 0. The van der Waals surface area contributed by atoms with Gasteiger partial charge in [0.2, 0.25) is 5.91 Å². The number of nitrogens with two attached hydrogens (primary N) is 2. The number of carbonyl (C=O) groups excluding carboxylic acids is 1. The average molecular weight is 374 g/mol. The Balaban J connectivity index is 1.58. The molecular weight excluding hydrogens is 356 g/mol. The van der Waals surface area contributed by atoms with Crippen molar-refractivity contribution in [1.82, 2.24) is 9.97 Å². The van der Waals surface area contributed by atoms with Crippen molar-refractivity contribution in [3.63, 3.8) is 0 Å². The molecule has 2 heterocycles. The molecule has 25 heavy (non-hydrogen) atoms. The number of carbonyl (C=O) groups is 1. The van der Waals surface area contributed by atoms with Crippen LogP contribution < -0.4 is 16.8 Å². The molecule has 0 saturated heterocycles. The summed E-state index contributed by atoms with van der Waals surface area (Å²) in [6.07, 6.45) is 4.46. The molecule has 3 rings (SSSR count). The quantitative estimate of drug-likeness (QED) is 0.541. The van der Waals surface area contributed by atoms with E-state index in [0.29, 0.717) is 33.1 Å². The Hall–Kier alpha value is -2.31. The van der Waals surface area contributed by atoms with Crippen LogP contribution in [0.15, 0.2) is 11.2 Å². The number of rotatable bonds is 5. The fourth-order valence-electron chi connectivity index (χ4n) is 2.72. The van der Waals surface area contributed by atoms with Gasteiger partial charge in [0.1, 0.15) is 22.7 Å². The molecule has 2 aromatic rings. The van der Waals surface area contributed by atoms with Gasteiger partial charge in [-0.05, 0) is 31.2 Å². The molecule has 0 spiro atoms. The molecule has 0 aromatic carbocycles. The van der Waals surface area contributed by atoms with Crippen LogP contribution in [0.3, 0.4) is 0 Å². The van der Waals surface area contributed by atoms with Crippen LogP contribution in [0.2, 0.25) is 0 Å². The number of hydrogen-bond donors (Lipinski definition) is 3. The highest BCUT2D eigenvalue weighted by atomic mass is 32.2. The molecule has 0 radical (unpaired) electrons. The lowest BCUT2D eigenvalue weighted by Crippen LogP contribution is -2.12. The number of anilines is 3. The first kappa shape index (κ1) is 17.5. The Kier molecular flexibility index (Phi) is 5.40. The number of thioether (sulfide) groups is 1. The van der Waals surface area contributed by atoms with Gasteiger partial charge in [-0.3, -0.25) is 4.79 Å². The zero-order valence-corrected chi connectivity index (χ0v) is 15.2. The molecule has 1 aliphatic rings. The van der Waals surface area contributed by atoms with E-state index < -0.39 is 0 Å². The van der Waals surface area contributed by atoms with E-state index in [-0.39, 0.29) is 12.3 Å². The number of amides is 1. The monoisotopic (exact) mass is 374 g/mol. The molecule has 0 aliphatic heterocycles. The minimum absolute atomic E-state index is 0.125. The van der Waals surface area contributed by atoms with E-state index >= 15 is 0 Å². The molecule has 9 heteroatoms. The topological polar surface area (TPSA) is 131 Å². The third kappa shape index (κ3) is 4.21. The Morgan fingerprint density at radius 1 is 1.32 bits per heavy atom. The Morgan fingerprint density at radius 3 is 2.76 bits per heavy atom. The molecule has 7 nitrogen and oxygen atoms in total. The van der Waals surface area contributed by atoms with Gasteiger partial charge in [-0.1, -0.05) is 11.8 Å². The number of thiophene rings is 1. The highest BCUT2D eigenvalue weighted by Gasteiger charge is 2.21. The fourth-order valence-corrected chi connectivity index (χ4v) is 4.79. The SMILES string of the molecule is N#Cc1c(NC(=O)CCSc2nc(N)cc(N)n2)sc2c1CCCC2. The minimum atomic E-state index is -0.125. The molecule has 0 unspecified atom stereocenters. The lowest BCUT2D eigenvalue weighted by Gasteiger charge is -2.09. The summed E-state index contributed by atoms with van der Waals surface area (Å²) in [6, 6.07) is 3.73. The third-order valence-corrected chi connectivity index (χ3v) is 5.90. The van der Waals surface area contributed by atoms with Crippen molar-refractivity contribution in [2.75, 3.05) is 22.5 Å². The summed E-state index contributed by atoms with van der Waals surface area (Å²) in [4.78, 5) is 21.6. The normalized spacial score (nSPS) is 13.1. The molecule has 130 valence electrons. The molecule has 1 amide bonds. The Morgan fingerprint density at radius 2 is 2.04 bits per heavy atom. The van der Waals surface area contributed by atoms with Crippen molar-refractivity contribution < 1.29 is 4.79 Å². The van der Waals surface area contributed by atoms with E-state index in [1.54, 1.807) is 0 Å². The molecule has 0 bridgehead atoms. The maximum Gasteiger partial charge on any atom is 0.225 e. The van der Waals surface area contributed by atoms with Gasteiger partial charge in [0, 0.05) is 23.1 Å². The van der Waals surface area contributed by atoms with E-state index in [2.05, 4.69) is 21.4 Å². The summed E-state index contributed by atoms with van der Waals surface area (Å²) >= 11 is 2.85. The smallest absolute Gasteiger partial charge is 0.225 e. The molecule has 0 fully saturated rings. The van der Waals surface area contributed by atoms with Crippen molar-refractivity contribution in [3.05, 3.63) is 22.1 Å². The second kappa shape index (κ2) is 7.72. The van der Waals surface area contributed by atoms with Gasteiger partial charge >= 0.3 is 0 Å². The van der Waals surface area contributed by atoms with Crippen molar-refractivity contribution in [1.29, 1.82) is 5.26 Å². The van der Waals surface area contributed by atoms with E-state index in [4.69, 9.17) is 11.5 Å². The first-order chi connectivity index (χ1) is 12.1. The molecule has 0 atom stereocenters. The van der Waals surface area contributed by atoms with Crippen LogP contribution in [0.4, 0.5) is 16.6 Å².